The first-order valence-electron chi connectivity index (χ1n) is 10.9. The first kappa shape index (κ1) is 15.1. The summed E-state index contributed by atoms with van der Waals surface area (Å²) in [5, 5.41) is 0. The van der Waals surface area contributed by atoms with E-state index in [2.05, 4.69) is 60.7 Å². The van der Waals surface area contributed by atoms with Crippen LogP contribution in [0.2, 0.25) is 0 Å². The molecule has 1 heteroatoms. The molecule has 0 radical (unpaired) electrons. The van der Waals surface area contributed by atoms with E-state index in [9.17, 15) is 0 Å². The highest BCUT2D eigenvalue weighted by atomic mass is 16.5. The van der Waals surface area contributed by atoms with Crippen LogP contribution in [0.1, 0.15) is 36.5 Å². The van der Waals surface area contributed by atoms with Crippen molar-refractivity contribution in [1.29, 1.82) is 0 Å². The Hall–Kier alpha value is -1.86. The van der Waals surface area contributed by atoms with Crippen LogP contribution in [-0.4, -0.2) is 6.61 Å². The predicted molar refractivity (Wildman–Crippen MR) is 107 cm³/mol. The van der Waals surface area contributed by atoms with E-state index in [1.54, 1.807) is 0 Å². The number of fused-ring (bicyclic) bond motifs is 12. The van der Waals surface area contributed by atoms with Crippen LogP contribution in [0.4, 0.5) is 0 Å². The van der Waals surface area contributed by atoms with Crippen LogP contribution in [0, 0.1) is 41.4 Å². The van der Waals surface area contributed by atoms with Gasteiger partial charge in [-0.05, 0) is 82.9 Å². The Morgan fingerprint density at radius 1 is 0.741 bits per heavy atom. The molecule has 136 valence electrons. The molecule has 3 saturated carbocycles. The van der Waals surface area contributed by atoms with E-state index >= 15 is 0 Å². The van der Waals surface area contributed by atoms with E-state index in [1.807, 2.05) is 0 Å². The molecule has 1 nitrogen and oxygen atoms in total. The second-order valence-electron chi connectivity index (χ2n) is 9.65. The van der Waals surface area contributed by atoms with Crippen molar-refractivity contribution >= 4 is 0 Å². The fourth-order valence-corrected chi connectivity index (χ4v) is 7.85. The zero-order chi connectivity index (χ0) is 17.5. The molecular formula is C26H26O. The lowest BCUT2D eigenvalue weighted by molar-refractivity contribution is 0.0176. The molecule has 0 heterocycles. The average molecular weight is 354 g/mol. The van der Waals surface area contributed by atoms with Crippen molar-refractivity contribution < 1.29 is 4.74 Å². The largest absolute Gasteiger partial charge is 0.368 e. The van der Waals surface area contributed by atoms with Crippen molar-refractivity contribution in [3.63, 3.8) is 0 Å². The van der Waals surface area contributed by atoms with Gasteiger partial charge in [-0.3, -0.25) is 0 Å². The van der Waals surface area contributed by atoms with Gasteiger partial charge in [0, 0.05) is 0 Å². The van der Waals surface area contributed by atoms with Crippen LogP contribution in [0.25, 0.3) is 11.1 Å². The monoisotopic (exact) mass is 354 g/mol. The molecule has 7 rings (SSSR count). The Labute approximate surface area is 161 Å². The Balaban J connectivity index is 1.15. The molecule has 2 aromatic carbocycles. The summed E-state index contributed by atoms with van der Waals surface area (Å²) in [6, 6.07) is 17.6. The minimum Gasteiger partial charge on any atom is -0.368 e. The summed E-state index contributed by atoms with van der Waals surface area (Å²) in [7, 11) is 0. The van der Waals surface area contributed by atoms with Crippen molar-refractivity contribution in [2.45, 2.75) is 25.4 Å². The topological polar surface area (TPSA) is 9.23 Å². The maximum atomic E-state index is 6.70. The lowest BCUT2D eigenvalue weighted by Gasteiger charge is -2.37. The number of rotatable bonds is 3. The van der Waals surface area contributed by atoms with Crippen molar-refractivity contribution in [3.05, 3.63) is 71.8 Å². The fourth-order valence-electron chi connectivity index (χ4n) is 7.85. The van der Waals surface area contributed by atoms with E-state index in [-0.39, 0.29) is 6.10 Å². The standard InChI is InChI=1S/C26H26O/c1-3-7-21-19(5-1)20-6-2-4-8-22(20)26(21)27-14-18-12-17-13-23(18)25-16-10-9-15(11-16)24(17)25/h1-10,15-18,23-26H,11-14H2. The molecule has 0 saturated heterocycles. The minimum absolute atomic E-state index is 0.132. The highest BCUT2D eigenvalue weighted by Gasteiger charge is 2.60. The molecule has 0 amide bonds. The first-order valence-corrected chi connectivity index (χ1v) is 10.9. The minimum atomic E-state index is 0.132. The highest BCUT2D eigenvalue weighted by Crippen LogP contribution is 2.67. The second-order valence-corrected chi connectivity index (χ2v) is 9.65. The third-order valence-electron chi connectivity index (χ3n) is 8.66. The summed E-state index contributed by atoms with van der Waals surface area (Å²) in [4.78, 5) is 0. The van der Waals surface area contributed by atoms with Crippen molar-refractivity contribution in [1.82, 2.24) is 0 Å². The van der Waals surface area contributed by atoms with Gasteiger partial charge in [-0.1, -0.05) is 60.7 Å². The Bertz CT molecular complexity index is 897. The molecule has 5 aliphatic rings. The zero-order valence-corrected chi connectivity index (χ0v) is 15.6. The smallest absolute Gasteiger partial charge is 0.109 e. The van der Waals surface area contributed by atoms with Gasteiger partial charge < -0.3 is 4.74 Å². The third kappa shape index (κ3) is 1.94. The number of ether oxygens (including phenoxy) is 1. The lowest BCUT2D eigenvalue weighted by atomic mass is 9.69. The molecule has 27 heavy (non-hydrogen) atoms. The number of benzene rings is 2. The van der Waals surface area contributed by atoms with Gasteiger partial charge in [-0.15, -0.1) is 0 Å². The lowest BCUT2D eigenvalue weighted by Crippen LogP contribution is -2.33. The van der Waals surface area contributed by atoms with Crippen molar-refractivity contribution in [2.75, 3.05) is 6.61 Å². The predicted octanol–water partition coefficient (Wildman–Crippen LogP) is 5.87. The molecule has 5 aliphatic carbocycles. The maximum Gasteiger partial charge on any atom is 0.109 e. The SMILES string of the molecule is C1=CC2CC1C1C3CC(COC4c5ccccc5-c5ccccc54)C(C3)C21. The van der Waals surface area contributed by atoms with E-state index in [4.69, 9.17) is 4.74 Å². The quantitative estimate of drug-likeness (QED) is 0.495. The normalized spacial score (nSPS) is 39.8. The molecule has 0 aliphatic heterocycles. The molecule has 7 unspecified atom stereocenters. The summed E-state index contributed by atoms with van der Waals surface area (Å²) in [5.41, 5.74) is 5.46. The summed E-state index contributed by atoms with van der Waals surface area (Å²) in [6.45, 7) is 0.943. The van der Waals surface area contributed by atoms with Gasteiger partial charge in [-0.2, -0.15) is 0 Å². The van der Waals surface area contributed by atoms with Gasteiger partial charge >= 0.3 is 0 Å². The number of allylic oxidation sites excluding steroid dienone is 2. The Kier molecular flexibility index (Phi) is 3.00. The van der Waals surface area contributed by atoms with Crippen LogP contribution in [0.3, 0.4) is 0 Å². The average Bonchev–Trinajstić information content (AvgIpc) is 3.50. The molecule has 0 spiro atoms. The van der Waals surface area contributed by atoms with Crippen LogP contribution >= 0.6 is 0 Å². The Morgan fingerprint density at radius 2 is 1.41 bits per heavy atom. The van der Waals surface area contributed by atoms with Crippen LogP contribution in [-0.2, 0) is 4.74 Å². The van der Waals surface area contributed by atoms with Gasteiger partial charge in [0.25, 0.3) is 0 Å². The second kappa shape index (κ2) is 5.35. The van der Waals surface area contributed by atoms with Gasteiger partial charge in [0.2, 0.25) is 0 Å². The maximum absolute atomic E-state index is 6.70. The van der Waals surface area contributed by atoms with E-state index in [1.165, 1.54) is 41.5 Å². The van der Waals surface area contributed by atoms with Gasteiger partial charge in [-0.25, -0.2) is 0 Å². The molecule has 4 bridgehead atoms. The third-order valence-corrected chi connectivity index (χ3v) is 8.66. The van der Waals surface area contributed by atoms with E-state index < -0.39 is 0 Å². The van der Waals surface area contributed by atoms with Crippen molar-refractivity contribution in [2.24, 2.45) is 41.4 Å². The van der Waals surface area contributed by atoms with Gasteiger partial charge in [0.05, 0.1) is 6.61 Å². The van der Waals surface area contributed by atoms with Crippen LogP contribution < -0.4 is 0 Å². The van der Waals surface area contributed by atoms with Crippen molar-refractivity contribution in [3.8, 4) is 11.1 Å². The van der Waals surface area contributed by atoms with E-state index in [0.29, 0.717) is 0 Å². The summed E-state index contributed by atoms with van der Waals surface area (Å²) in [5.74, 6) is 6.51. The first-order chi connectivity index (χ1) is 13.4. The van der Waals surface area contributed by atoms with Crippen LogP contribution in [0.5, 0.6) is 0 Å². The molecule has 0 aromatic heterocycles. The summed E-state index contributed by atoms with van der Waals surface area (Å²) < 4.78 is 6.70. The summed E-state index contributed by atoms with van der Waals surface area (Å²) >= 11 is 0. The van der Waals surface area contributed by atoms with Gasteiger partial charge in [0.15, 0.2) is 0 Å². The molecular weight excluding hydrogens is 328 g/mol. The summed E-state index contributed by atoms with van der Waals surface area (Å²) in [6.07, 6.45) is 9.58. The highest BCUT2D eigenvalue weighted by molar-refractivity contribution is 5.78. The molecule has 7 atom stereocenters. The number of hydrogen-bond acceptors (Lipinski definition) is 1. The Morgan fingerprint density at radius 3 is 2.15 bits per heavy atom. The van der Waals surface area contributed by atoms with E-state index in [0.717, 1.165) is 48.0 Å². The molecule has 3 fully saturated rings. The number of hydrogen-bond donors (Lipinski definition) is 0. The van der Waals surface area contributed by atoms with Crippen LogP contribution in [0.15, 0.2) is 60.7 Å². The molecule has 2 aromatic rings. The molecule has 0 N–H and O–H groups in total. The zero-order valence-electron chi connectivity index (χ0n) is 15.6. The fraction of sp³-hybridized carbons (Fsp3) is 0.462. The van der Waals surface area contributed by atoms with Gasteiger partial charge in [0.1, 0.15) is 6.10 Å².